The maximum Gasteiger partial charge on any atom is 0.323 e. The van der Waals surface area contributed by atoms with Crippen LogP contribution in [0.1, 0.15) is 40.5 Å². The van der Waals surface area contributed by atoms with E-state index in [4.69, 9.17) is 4.74 Å². The molecule has 1 aliphatic carbocycles. The van der Waals surface area contributed by atoms with Crippen LogP contribution in [0.4, 0.5) is 0 Å². The second kappa shape index (κ2) is 4.74. The molecule has 1 aliphatic rings. The van der Waals surface area contributed by atoms with E-state index in [0.717, 1.165) is 12.8 Å². The fraction of sp³-hybridized carbons (Fsp3) is 0.923. The summed E-state index contributed by atoms with van der Waals surface area (Å²) in [5.41, 5.74) is 0.176. The number of likely N-dealkylation sites (N-methyl/N-ethyl adjacent to an activating group) is 1. The molecule has 1 fully saturated rings. The molecule has 2 unspecified atom stereocenters. The molecule has 0 heterocycles. The molecule has 3 heteroatoms. The minimum absolute atomic E-state index is 0.0563. The van der Waals surface area contributed by atoms with Crippen molar-refractivity contribution in [2.75, 3.05) is 14.2 Å². The van der Waals surface area contributed by atoms with Crippen LogP contribution in [0.15, 0.2) is 0 Å². The van der Waals surface area contributed by atoms with Crippen LogP contribution in [0.3, 0.4) is 0 Å². The molecule has 0 aliphatic heterocycles. The molecule has 0 radical (unpaired) electrons. The SMILES string of the molecule is COC(=O)C(C1CC1)N(C)C(C)C(C)(C)C. The third-order valence-electron chi connectivity index (χ3n) is 3.81. The zero-order valence-corrected chi connectivity index (χ0v) is 11.4. The molecule has 0 aromatic rings. The molecule has 3 nitrogen and oxygen atoms in total. The van der Waals surface area contributed by atoms with Crippen molar-refractivity contribution >= 4 is 5.97 Å². The molecule has 0 N–H and O–H groups in total. The largest absolute Gasteiger partial charge is 0.468 e. The number of esters is 1. The number of carbonyl (C=O) groups is 1. The van der Waals surface area contributed by atoms with E-state index in [1.54, 1.807) is 0 Å². The molecule has 0 bridgehead atoms. The Hall–Kier alpha value is -0.570. The molecule has 94 valence electrons. The van der Waals surface area contributed by atoms with Gasteiger partial charge in [-0.2, -0.15) is 0 Å². The first kappa shape index (κ1) is 13.5. The Kier molecular flexibility index (Phi) is 4.00. The molecule has 0 saturated heterocycles. The van der Waals surface area contributed by atoms with Gasteiger partial charge in [-0.05, 0) is 38.1 Å². The highest BCUT2D eigenvalue weighted by molar-refractivity contribution is 5.76. The van der Waals surface area contributed by atoms with E-state index in [1.807, 2.05) is 7.05 Å². The Bertz CT molecular complexity index is 253. The first-order valence-electron chi connectivity index (χ1n) is 6.08. The first-order valence-corrected chi connectivity index (χ1v) is 6.08. The Morgan fingerprint density at radius 3 is 2.19 bits per heavy atom. The maximum atomic E-state index is 11.8. The van der Waals surface area contributed by atoms with Crippen LogP contribution < -0.4 is 0 Å². The van der Waals surface area contributed by atoms with Gasteiger partial charge in [-0.15, -0.1) is 0 Å². The van der Waals surface area contributed by atoms with Crippen molar-refractivity contribution in [1.82, 2.24) is 4.90 Å². The van der Waals surface area contributed by atoms with Gasteiger partial charge in [0.1, 0.15) is 6.04 Å². The van der Waals surface area contributed by atoms with Crippen LogP contribution in [-0.2, 0) is 9.53 Å². The second-order valence-corrected chi connectivity index (χ2v) is 6.01. The third kappa shape index (κ3) is 2.97. The molecule has 1 rings (SSSR count). The van der Waals surface area contributed by atoms with Gasteiger partial charge in [-0.3, -0.25) is 9.69 Å². The van der Waals surface area contributed by atoms with Crippen molar-refractivity contribution in [3.63, 3.8) is 0 Å². The summed E-state index contributed by atoms with van der Waals surface area (Å²) < 4.78 is 4.92. The second-order valence-electron chi connectivity index (χ2n) is 6.01. The summed E-state index contributed by atoms with van der Waals surface area (Å²) in [5, 5.41) is 0. The van der Waals surface area contributed by atoms with Gasteiger partial charge in [-0.1, -0.05) is 20.8 Å². The van der Waals surface area contributed by atoms with E-state index in [0.29, 0.717) is 12.0 Å². The van der Waals surface area contributed by atoms with Crippen molar-refractivity contribution in [2.45, 2.75) is 52.6 Å². The summed E-state index contributed by atoms with van der Waals surface area (Å²) >= 11 is 0. The zero-order chi connectivity index (χ0) is 12.5. The summed E-state index contributed by atoms with van der Waals surface area (Å²) in [6.45, 7) is 8.79. The van der Waals surface area contributed by atoms with Gasteiger partial charge in [-0.25, -0.2) is 0 Å². The van der Waals surface area contributed by atoms with Gasteiger partial charge in [0, 0.05) is 6.04 Å². The lowest BCUT2D eigenvalue weighted by Crippen LogP contribution is -2.50. The van der Waals surface area contributed by atoms with E-state index in [1.165, 1.54) is 7.11 Å². The molecular weight excluding hydrogens is 202 g/mol. The molecule has 1 saturated carbocycles. The summed E-state index contributed by atoms with van der Waals surface area (Å²) in [4.78, 5) is 14.0. The number of rotatable bonds is 4. The van der Waals surface area contributed by atoms with Crippen LogP contribution in [0.25, 0.3) is 0 Å². The predicted octanol–water partition coefficient (Wildman–Crippen LogP) is 2.30. The summed E-state index contributed by atoms with van der Waals surface area (Å²) in [6.07, 6.45) is 2.31. The number of carbonyl (C=O) groups excluding carboxylic acids is 1. The van der Waals surface area contributed by atoms with Gasteiger partial charge in [0.25, 0.3) is 0 Å². The molecule has 0 amide bonds. The molecular formula is C13H25NO2. The van der Waals surface area contributed by atoms with E-state index in [9.17, 15) is 4.79 Å². The minimum atomic E-state index is -0.0823. The number of hydrogen-bond acceptors (Lipinski definition) is 3. The van der Waals surface area contributed by atoms with E-state index < -0.39 is 0 Å². The highest BCUT2D eigenvalue weighted by atomic mass is 16.5. The standard InChI is InChI=1S/C13H25NO2/c1-9(13(2,3)4)14(5)11(10-7-8-10)12(15)16-6/h9-11H,7-8H2,1-6H3. The third-order valence-corrected chi connectivity index (χ3v) is 3.81. The topological polar surface area (TPSA) is 29.5 Å². The minimum Gasteiger partial charge on any atom is -0.468 e. The van der Waals surface area contributed by atoms with E-state index >= 15 is 0 Å². The summed E-state index contributed by atoms with van der Waals surface area (Å²) in [6, 6.07) is 0.302. The van der Waals surface area contributed by atoms with Crippen molar-refractivity contribution in [2.24, 2.45) is 11.3 Å². The lowest BCUT2D eigenvalue weighted by atomic mass is 9.86. The van der Waals surface area contributed by atoms with Crippen LogP contribution >= 0.6 is 0 Å². The van der Waals surface area contributed by atoms with Crippen molar-refractivity contribution in [3.05, 3.63) is 0 Å². The number of nitrogens with zero attached hydrogens (tertiary/aromatic N) is 1. The fourth-order valence-corrected chi connectivity index (χ4v) is 2.08. The lowest BCUT2D eigenvalue weighted by Gasteiger charge is -2.39. The Labute approximate surface area is 99.1 Å². The smallest absolute Gasteiger partial charge is 0.323 e. The predicted molar refractivity (Wildman–Crippen MR) is 65.2 cm³/mol. The summed E-state index contributed by atoms with van der Waals surface area (Å²) in [7, 11) is 3.52. The Balaban J connectivity index is 2.74. The van der Waals surface area contributed by atoms with Gasteiger partial charge < -0.3 is 4.74 Å². The lowest BCUT2D eigenvalue weighted by molar-refractivity contribution is -0.149. The number of methoxy groups -OCH3 is 1. The Morgan fingerprint density at radius 2 is 1.88 bits per heavy atom. The maximum absolute atomic E-state index is 11.8. The van der Waals surface area contributed by atoms with Gasteiger partial charge in [0.05, 0.1) is 7.11 Å². The van der Waals surface area contributed by atoms with Gasteiger partial charge >= 0.3 is 5.97 Å². The summed E-state index contributed by atoms with van der Waals surface area (Å²) in [5.74, 6) is 0.420. The molecule has 2 atom stereocenters. The first-order chi connectivity index (χ1) is 7.29. The van der Waals surface area contributed by atoms with Crippen molar-refractivity contribution in [1.29, 1.82) is 0 Å². The van der Waals surface area contributed by atoms with Crippen LogP contribution in [0.5, 0.6) is 0 Å². The molecule has 0 spiro atoms. The van der Waals surface area contributed by atoms with Crippen LogP contribution in [-0.4, -0.2) is 37.1 Å². The zero-order valence-electron chi connectivity index (χ0n) is 11.4. The van der Waals surface area contributed by atoms with Crippen molar-refractivity contribution < 1.29 is 9.53 Å². The van der Waals surface area contributed by atoms with Crippen molar-refractivity contribution in [3.8, 4) is 0 Å². The van der Waals surface area contributed by atoms with Crippen LogP contribution in [0, 0.1) is 11.3 Å². The highest BCUT2D eigenvalue weighted by Gasteiger charge is 2.42. The Morgan fingerprint density at radius 1 is 1.38 bits per heavy atom. The fourth-order valence-electron chi connectivity index (χ4n) is 2.08. The van der Waals surface area contributed by atoms with Gasteiger partial charge in [0.2, 0.25) is 0 Å². The average Bonchev–Trinajstić information content (AvgIpc) is 2.99. The van der Waals surface area contributed by atoms with E-state index in [-0.39, 0.29) is 17.4 Å². The molecule has 0 aromatic heterocycles. The van der Waals surface area contributed by atoms with E-state index in [2.05, 4.69) is 32.6 Å². The van der Waals surface area contributed by atoms with Crippen LogP contribution in [0.2, 0.25) is 0 Å². The highest BCUT2D eigenvalue weighted by Crippen LogP contribution is 2.38. The number of ether oxygens (including phenoxy) is 1. The number of hydrogen-bond donors (Lipinski definition) is 0. The monoisotopic (exact) mass is 227 g/mol. The molecule has 0 aromatic carbocycles. The average molecular weight is 227 g/mol. The van der Waals surface area contributed by atoms with Gasteiger partial charge in [0.15, 0.2) is 0 Å². The normalized spacial score (nSPS) is 20.7. The quantitative estimate of drug-likeness (QED) is 0.690. The molecule has 16 heavy (non-hydrogen) atoms.